The summed E-state index contributed by atoms with van der Waals surface area (Å²) in [6.07, 6.45) is 0.909. The molecule has 0 radical (unpaired) electrons. The predicted octanol–water partition coefficient (Wildman–Crippen LogP) is 3.61. The van der Waals surface area contributed by atoms with Gasteiger partial charge in [-0.2, -0.15) is 0 Å². The Morgan fingerprint density at radius 2 is 1.89 bits per heavy atom. The standard InChI is InChI=1S/C14H13N3S2/c15-14-17-16-13(19-14)7-8-18-12-6-5-10-3-1-2-4-11(10)9-12/h1-6,9H,7-8H2,(H2,15,17). The zero-order chi connectivity index (χ0) is 13.1. The number of aryl methyl sites for hydroxylation is 1. The Morgan fingerprint density at radius 1 is 1.05 bits per heavy atom. The van der Waals surface area contributed by atoms with Gasteiger partial charge >= 0.3 is 0 Å². The van der Waals surface area contributed by atoms with Crippen LogP contribution >= 0.6 is 23.1 Å². The van der Waals surface area contributed by atoms with Gasteiger partial charge in [-0.15, -0.1) is 22.0 Å². The summed E-state index contributed by atoms with van der Waals surface area (Å²) in [7, 11) is 0. The summed E-state index contributed by atoms with van der Waals surface area (Å²) < 4.78 is 0. The van der Waals surface area contributed by atoms with E-state index in [1.54, 1.807) is 0 Å². The van der Waals surface area contributed by atoms with Gasteiger partial charge in [0.1, 0.15) is 5.01 Å². The summed E-state index contributed by atoms with van der Waals surface area (Å²) in [6, 6.07) is 15.0. The molecule has 0 aliphatic rings. The van der Waals surface area contributed by atoms with Crippen LogP contribution in [0.1, 0.15) is 5.01 Å². The molecule has 0 atom stereocenters. The molecule has 96 valence electrons. The molecule has 1 aromatic heterocycles. The van der Waals surface area contributed by atoms with Crippen molar-refractivity contribution in [1.29, 1.82) is 0 Å². The molecule has 0 spiro atoms. The highest BCUT2D eigenvalue weighted by atomic mass is 32.2. The van der Waals surface area contributed by atoms with Gasteiger partial charge in [0.25, 0.3) is 0 Å². The first-order valence-corrected chi connectivity index (χ1v) is 7.81. The molecule has 2 aromatic carbocycles. The van der Waals surface area contributed by atoms with Crippen LogP contribution in [0.15, 0.2) is 47.4 Å². The van der Waals surface area contributed by atoms with E-state index in [1.807, 2.05) is 11.8 Å². The van der Waals surface area contributed by atoms with Gasteiger partial charge < -0.3 is 5.73 Å². The quantitative estimate of drug-likeness (QED) is 0.745. The number of nitrogen functional groups attached to an aromatic ring is 1. The SMILES string of the molecule is Nc1nnc(CCSc2ccc3ccccc3c2)s1. The second kappa shape index (κ2) is 5.59. The molecule has 0 bridgehead atoms. The molecule has 0 saturated heterocycles. The molecule has 0 aliphatic heterocycles. The number of benzene rings is 2. The molecular formula is C14H13N3S2. The van der Waals surface area contributed by atoms with Crippen molar-refractivity contribution >= 4 is 39.0 Å². The summed E-state index contributed by atoms with van der Waals surface area (Å²) in [5, 5.41) is 12.0. The number of hydrogen-bond acceptors (Lipinski definition) is 5. The van der Waals surface area contributed by atoms with E-state index in [-0.39, 0.29) is 0 Å². The third-order valence-corrected chi connectivity index (χ3v) is 4.60. The number of aromatic nitrogens is 2. The lowest BCUT2D eigenvalue weighted by Gasteiger charge is -2.02. The van der Waals surface area contributed by atoms with Crippen molar-refractivity contribution in [2.45, 2.75) is 11.3 Å². The number of nitrogens with two attached hydrogens (primary N) is 1. The van der Waals surface area contributed by atoms with Crippen molar-refractivity contribution in [3.05, 3.63) is 47.5 Å². The lowest BCUT2D eigenvalue weighted by Crippen LogP contribution is -1.87. The smallest absolute Gasteiger partial charge is 0.203 e. The van der Waals surface area contributed by atoms with Gasteiger partial charge in [0, 0.05) is 17.1 Å². The Balaban J connectivity index is 1.65. The molecular weight excluding hydrogens is 274 g/mol. The second-order valence-corrected chi connectivity index (χ2v) is 6.40. The van der Waals surface area contributed by atoms with Gasteiger partial charge in [0.2, 0.25) is 5.13 Å². The fourth-order valence-corrected chi connectivity index (χ4v) is 3.52. The van der Waals surface area contributed by atoms with Gasteiger partial charge in [-0.1, -0.05) is 41.7 Å². The van der Waals surface area contributed by atoms with Gasteiger partial charge in [0.05, 0.1) is 0 Å². The summed E-state index contributed by atoms with van der Waals surface area (Å²) >= 11 is 3.31. The molecule has 0 unspecified atom stereocenters. The van der Waals surface area contributed by atoms with Gasteiger partial charge in [-0.05, 0) is 22.9 Å². The van der Waals surface area contributed by atoms with Gasteiger partial charge in [0.15, 0.2) is 0 Å². The summed E-state index contributed by atoms with van der Waals surface area (Å²) in [5.41, 5.74) is 5.56. The Morgan fingerprint density at radius 3 is 2.68 bits per heavy atom. The van der Waals surface area contributed by atoms with E-state index < -0.39 is 0 Å². The topological polar surface area (TPSA) is 51.8 Å². The molecule has 3 rings (SSSR count). The van der Waals surface area contributed by atoms with Crippen molar-refractivity contribution in [2.24, 2.45) is 0 Å². The Bertz CT molecular complexity index is 694. The highest BCUT2D eigenvalue weighted by Gasteiger charge is 2.02. The lowest BCUT2D eigenvalue weighted by atomic mass is 10.1. The number of nitrogens with zero attached hydrogens (tertiary/aromatic N) is 2. The number of rotatable bonds is 4. The number of fused-ring (bicyclic) bond motifs is 1. The van der Waals surface area contributed by atoms with Crippen LogP contribution < -0.4 is 5.73 Å². The van der Waals surface area contributed by atoms with Crippen LogP contribution in [0.4, 0.5) is 5.13 Å². The van der Waals surface area contributed by atoms with E-state index in [9.17, 15) is 0 Å². The number of thioether (sulfide) groups is 1. The van der Waals surface area contributed by atoms with Crippen molar-refractivity contribution in [3.8, 4) is 0 Å². The van der Waals surface area contributed by atoms with Crippen LogP contribution in [0.2, 0.25) is 0 Å². The van der Waals surface area contributed by atoms with Crippen LogP contribution in [0, 0.1) is 0 Å². The molecule has 1 heterocycles. The largest absolute Gasteiger partial charge is 0.374 e. The minimum Gasteiger partial charge on any atom is -0.374 e. The third kappa shape index (κ3) is 3.05. The van der Waals surface area contributed by atoms with Crippen LogP contribution in [0.3, 0.4) is 0 Å². The molecule has 3 nitrogen and oxygen atoms in total. The second-order valence-electron chi connectivity index (χ2n) is 4.14. The van der Waals surface area contributed by atoms with E-state index in [4.69, 9.17) is 5.73 Å². The van der Waals surface area contributed by atoms with Crippen LogP contribution in [-0.4, -0.2) is 16.0 Å². The summed E-state index contributed by atoms with van der Waals surface area (Å²) in [6.45, 7) is 0. The lowest BCUT2D eigenvalue weighted by molar-refractivity contribution is 0.993. The van der Waals surface area contributed by atoms with Crippen molar-refractivity contribution < 1.29 is 0 Å². The average molecular weight is 287 g/mol. The fraction of sp³-hybridized carbons (Fsp3) is 0.143. The van der Waals surface area contributed by atoms with Crippen molar-refractivity contribution in [3.63, 3.8) is 0 Å². The van der Waals surface area contributed by atoms with E-state index in [0.29, 0.717) is 5.13 Å². The van der Waals surface area contributed by atoms with E-state index in [0.717, 1.165) is 17.2 Å². The normalized spacial score (nSPS) is 10.9. The molecule has 19 heavy (non-hydrogen) atoms. The maximum atomic E-state index is 5.56. The molecule has 0 fully saturated rings. The Labute approximate surface area is 119 Å². The molecule has 5 heteroatoms. The molecule has 3 aromatic rings. The van der Waals surface area contributed by atoms with Crippen molar-refractivity contribution in [2.75, 3.05) is 11.5 Å². The van der Waals surface area contributed by atoms with Crippen molar-refractivity contribution in [1.82, 2.24) is 10.2 Å². The number of anilines is 1. The third-order valence-electron chi connectivity index (χ3n) is 2.79. The Kier molecular flexibility index (Phi) is 3.66. The predicted molar refractivity (Wildman–Crippen MR) is 82.7 cm³/mol. The fourth-order valence-electron chi connectivity index (χ4n) is 1.88. The first-order valence-electron chi connectivity index (χ1n) is 6.01. The molecule has 0 aliphatic carbocycles. The first kappa shape index (κ1) is 12.4. The van der Waals surface area contributed by atoms with Gasteiger partial charge in [-0.3, -0.25) is 0 Å². The van der Waals surface area contributed by atoms with E-state index in [1.165, 1.54) is 27.0 Å². The van der Waals surface area contributed by atoms with Crippen LogP contribution in [0.5, 0.6) is 0 Å². The summed E-state index contributed by atoms with van der Waals surface area (Å²) in [5.74, 6) is 0.993. The monoisotopic (exact) mass is 287 g/mol. The highest BCUT2D eigenvalue weighted by Crippen LogP contribution is 2.24. The summed E-state index contributed by atoms with van der Waals surface area (Å²) in [4.78, 5) is 1.29. The minimum atomic E-state index is 0.547. The van der Waals surface area contributed by atoms with Crippen LogP contribution in [-0.2, 0) is 6.42 Å². The molecule has 0 saturated carbocycles. The molecule has 0 amide bonds. The highest BCUT2D eigenvalue weighted by molar-refractivity contribution is 7.99. The number of hydrogen-bond donors (Lipinski definition) is 1. The maximum absolute atomic E-state index is 5.56. The average Bonchev–Trinajstić information content (AvgIpc) is 2.84. The maximum Gasteiger partial charge on any atom is 0.203 e. The van der Waals surface area contributed by atoms with E-state index in [2.05, 4.69) is 52.7 Å². The molecule has 2 N–H and O–H groups in total. The van der Waals surface area contributed by atoms with Gasteiger partial charge in [-0.25, -0.2) is 0 Å². The minimum absolute atomic E-state index is 0.547. The van der Waals surface area contributed by atoms with E-state index >= 15 is 0 Å². The Hall–Kier alpha value is -1.59. The first-order chi connectivity index (χ1) is 9.31. The zero-order valence-corrected chi connectivity index (χ0v) is 11.9. The zero-order valence-electron chi connectivity index (χ0n) is 10.2. The van der Waals surface area contributed by atoms with Crippen LogP contribution in [0.25, 0.3) is 10.8 Å².